The lowest BCUT2D eigenvalue weighted by molar-refractivity contribution is 0.0731. The highest BCUT2D eigenvalue weighted by Crippen LogP contribution is 2.26. The molecule has 1 amide bonds. The van der Waals surface area contributed by atoms with Crippen molar-refractivity contribution in [3.8, 4) is 11.5 Å². The molecule has 0 aliphatic carbocycles. The third kappa shape index (κ3) is 2.65. The van der Waals surface area contributed by atoms with Crippen LogP contribution >= 0.6 is 0 Å². The van der Waals surface area contributed by atoms with Gasteiger partial charge in [-0.05, 0) is 25.5 Å². The Kier molecular flexibility index (Phi) is 3.52. The number of hydrogen-bond donors (Lipinski definition) is 1. The molecule has 1 aliphatic heterocycles. The summed E-state index contributed by atoms with van der Waals surface area (Å²) in [6.45, 7) is 2.62. The van der Waals surface area contributed by atoms with Gasteiger partial charge in [0, 0.05) is 25.4 Å². The van der Waals surface area contributed by atoms with Crippen LogP contribution in [0.2, 0.25) is 0 Å². The lowest BCUT2D eigenvalue weighted by Crippen LogP contribution is -2.39. The second kappa shape index (κ2) is 5.73. The van der Waals surface area contributed by atoms with Crippen molar-refractivity contribution in [2.45, 2.75) is 19.9 Å². The van der Waals surface area contributed by atoms with Crippen molar-refractivity contribution >= 4 is 5.91 Å². The molecule has 0 radical (unpaired) electrons. The minimum absolute atomic E-state index is 0.134. The summed E-state index contributed by atoms with van der Waals surface area (Å²) >= 11 is 0. The molecule has 4 rings (SSSR count). The van der Waals surface area contributed by atoms with Gasteiger partial charge in [-0.15, -0.1) is 0 Å². The fourth-order valence-corrected chi connectivity index (χ4v) is 3.10. The average molecular weight is 339 g/mol. The average Bonchev–Trinajstić information content (AvgIpc) is 3.19. The number of aromatic nitrogens is 4. The summed E-state index contributed by atoms with van der Waals surface area (Å²) in [5, 5.41) is 4.37. The van der Waals surface area contributed by atoms with E-state index in [9.17, 15) is 9.59 Å². The zero-order valence-corrected chi connectivity index (χ0v) is 13.9. The van der Waals surface area contributed by atoms with Gasteiger partial charge in [0.1, 0.15) is 11.5 Å². The highest BCUT2D eigenvalue weighted by atomic mass is 16.3. The van der Waals surface area contributed by atoms with E-state index in [1.165, 1.54) is 6.33 Å². The van der Waals surface area contributed by atoms with Crippen LogP contribution in [-0.4, -0.2) is 37.1 Å². The Morgan fingerprint density at radius 3 is 2.96 bits per heavy atom. The van der Waals surface area contributed by atoms with E-state index in [1.54, 1.807) is 28.9 Å². The predicted molar refractivity (Wildman–Crippen MR) is 88.9 cm³/mol. The number of carbonyl (C=O) groups excluding carboxylic acids is 1. The summed E-state index contributed by atoms with van der Waals surface area (Å²) in [6.07, 6.45) is 3.55. The molecule has 4 heterocycles. The molecule has 0 fully saturated rings. The molecule has 0 unspecified atom stereocenters. The molecule has 128 valence electrons. The Morgan fingerprint density at radius 1 is 1.36 bits per heavy atom. The first-order valence-electron chi connectivity index (χ1n) is 7.98. The molecule has 8 nitrogen and oxygen atoms in total. The summed E-state index contributed by atoms with van der Waals surface area (Å²) in [5.41, 5.74) is 2.16. The monoisotopic (exact) mass is 339 g/mol. The number of aromatic amines is 1. The number of carbonyl (C=O) groups is 1. The topological polar surface area (TPSA) is 97.0 Å². The lowest BCUT2D eigenvalue weighted by atomic mass is 10.1. The minimum Gasteiger partial charge on any atom is -0.460 e. The number of nitrogens with zero attached hydrogens (tertiary/aromatic N) is 4. The third-order valence-electron chi connectivity index (χ3n) is 4.33. The van der Waals surface area contributed by atoms with Gasteiger partial charge in [-0.3, -0.25) is 14.3 Å². The van der Waals surface area contributed by atoms with Crippen molar-refractivity contribution in [1.29, 1.82) is 0 Å². The molecule has 0 spiro atoms. The van der Waals surface area contributed by atoms with Gasteiger partial charge < -0.3 is 14.3 Å². The number of H-pyrrole nitrogens is 1. The maximum atomic E-state index is 13.0. The fourth-order valence-electron chi connectivity index (χ4n) is 3.10. The quantitative estimate of drug-likeness (QED) is 0.758. The van der Waals surface area contributed by atoms with Gasteiger partial charge in [-0.1, -0.05) is 0 Å². The molecule has 1 aliphatic rings. The van der Waals surface area contributed by atoms with Crippen LogP contribution in [0.5, 0.6) is 0 Å². The Morgan fingerprint density at radius 2 is 2.20 bits per heavy atom. The number of furan rings is 1. The van der Waals surface area contributed by atoms with Crippen molar-refractivity contribution in [2.24, 2.45) is 7.05 Å². The van der Waals surface area contributed by atoms with Gasteiger partial charge in [-0.2, -0.15) is 5.10 Å². The van der Waals surface area contributed by atoms with E-state index in [4.69, 9.17) is 4.42 Å². The number of rotatable bonds is 2. The van der Waals surface area contributed by atoms with Crippen molar-refractivity contribution in [3.05, 3.63) is 57.6 Å². The number of aryl methyl sites for hydroxylation is 2. The molecule has 25 heavy (non-hydrogen) atoms. The van der Waals surface area contributed by atoms with Crippen molar-refractivity contribution in [1.82, 2.24) is 24.6 Å². The van der Waals surface area contributed by atoms with E-state index in [2.05, 4.69) is 15.1 Å². The van der Waals surface area contributed by atoms with Crippen LogP contribution in [0.4, 0.5) is 0 Å². The van der Waals surface area contributed by atoms with Gasteiger partial charge in [0.25, 0.3) is 11.5 Å². The van der Waals surface area contributed by atoms with E-state index < -0.39 is 0 Å². The standard InChI is InChI=1S/C17H17N5O3/c1-10-3-4-14(25-10)15-12(7-21(2)20-15)17(24)22-6-5-11-13(8-22)18-9-19-16(11)23/h3-4,7,9H,5-6,8H2,1-2H3,(H,18,19,23). The van der Waals surface area contributed by atoms with Gasteiger partial charge in [-0.25, -0.2) is 4.98 Å². The van der Waals surface area contributed by atoms with Crippen LogP contribution in [0.1, 0.15) is 27.4 Å². The van der Waals surface area contributed by atoms with Crippen LogP contribution in [0.3, 0.4) is 0 Å². The first-order valence-corrected chi connectivity index (χ1v) is 7.98. The smallest absolute Gasteiger partial charge is 0.258 e. The van der Waals surface area contributed by atoms with E-state index >= 15 is 0 Å². The molecule has 0 atom stereocenters. The van der Waals surface area contributed by atoms with Crippen LogP contribution in [0.15, 0.2) is 33.9 Å². The molecule has 3 aromatic heterocycles. The first kappa shape index (κ1) is 15.4. The SMILES string of the molecule is Cc1ccc(-c2nn(C)cc2C(=O)N2CCc3c(nc[nH]c3=O)C2)o1. The summed E-state index contributed by atoms with van der Waals surface area (Å²) < 4.78 is 7.23. The number of fused-ring (bicyclic) bond motifs is 1. The minimum atomic E-state index is -0.148. The number of amides is 1. The molecular weight excluding hydrogens is 322 g/mol. The zero-order chi connectivity index (χ0) is 17.6. The third-order valence-corrected chi connectivity index (χ3v) is 4.33. The summed E-state index contributed by atoms with van der Waals surface area (Å²) in [4.78, 5) is 33.3. The molecule has 0 bridgehead atoms. The second-order valence-corrected chi connectivity index (χ2v) is 6.11. The van der Waals surface area contributed by atoms with Crippen LogP contribution in [0.25, 0.3) is 11.5 Å². The lowest BCUT2D eigenvalue weighted by Gasteiger charge is -2.27. The number of hydrogen-bond acceptors (Lipinski definition) is 5. The zero-order valence-electron chi connectivity index (χ0n) is 13.9. The molecule has 1 N–H and O–H groups in total. The van der Waals surface area contributed by atoms with Crippen LogP contribution in [0, 0.1) is 6.92 Å². The molecule has 0 saturated carbocycles. The van der Waals surface area contributed by atoms with Gasteiger partial charge in [0.15, 0.2) is 5.76 Å². The van der Waals surface area contributed by atoms with Gasteiger partial charge >= 0.3 is 0 Å². The largest absolute Gasteiger partial charge is 0.460 e. The molecule has 3 aromatic rings. The van der Waals surface area contributed by atoms with Crippen molar-refractivity contribution < 1.29 is 9.21 Å². The van der Waals surface area contributed by atoms with E-state index in [1.807, 2.05) is 13.0 Å². The van der Waals surface area contributed by atoms with Crippen LogP contribution < -0.4 is 5.56 Å². The fraction of sp³-hybridized carbons (Fsp3) is 0.294. The maximum absolute atomic E-state index is 13.0. The highest BCUT2D eigenvalue weighted by molar-refractivity contribution is 5.99. The number of nitrogens with one attached hydrogen (secondary N) is 1. The Bertz CT molecular complexity index is 1010. The van der Waals surface area contributed by atoms with Crippen molar-refractivity contribution in [2.75, 3.05) is 6.54 Å². The predicted octanol–water partition coefficient (Wildman–Crippen LogP) is 1.27. The second-order valence-electron chi connectivity index (χ2n) is 6.11. The van der Waals surface area contributed by atoms with E-state index in [-0.39, 0.29) is 11.5 Å². The molecule has 0 aromatic carbocycles. The van der Waals surface area contributed by atoms with E-state index in [0.29, 0.717) is 47.8 Å². The highest BCUT2D eigenvalue weighted by Gasteiger charge is 2.28. The van der Waals surface area contributed by atoms with Gasteiger partial charge in [0.05, 0.1) is 24.1 Å². The normalized spacial score (nSPS) is 13.8. The first-order chi connectivity index (χ1) is 12.0. The summed E-state index contributed by atoms with van der Waals surface area (Å²) in [5.74, 6) is 1.17. The molecule has 8 heteroatoms. The van der Waals surface area contributed by atoms with Crippen molar-refractivity contribution in [3.63, 3.8) is 0 Å². The Labute approximate surface area is 143 Å². The van der Waals surface area contributed by atoms with Crippen LogP contribution in [-0.2, 0) is 20.0 Å². The molecular formula is C17H17N5O3. The molecule has 0 saturated heterocycles. The Balaban J connectivity index is 1.67. The summed E-state index contributed by atoms with van der Waals surface area (Å²) in [7, 11) is 1.77. The summed E-state index contributed by atoms with van der Waals surface area (Å²) in [6, 6.07) is 3.65. The Hall–Kier alpha value is -3.16. The van der Waals surface area contributed by atoms with E-state index in [0.717, 1.165) is 5.76 Å². The van der Waals surface area contributed by atoms with Gasteiger partial charge in [0.2, 0.25) is 0 Å². The maximum Gasteiger partial charge on any atom is 0.258 e.